The number of carboxylic acid groups (broad SMARTS) is 1. The number of rotatable bonds is 6. The molecule has 17 heavy (non-hydrogen) atoms. The number of hydrogen-bond acceptors (Lipinski definition) is 4. The molecule has 0 aliphatic heterocycles. The molecular formula is C12H18N2O3. The SMILES string of the molecule is CNC(c1ccccc1OC)C(N)CC(=O)O. The molecule has 0 aliphatic carbocycles. The molecule has 5 nitrogen and oxygen atoms in total. The number of nitrogens with one attached hydrogen (secondary N) is 1. The minimum Gasteiger partial charge on any atom is -0.496 e. The average molecular weight is 238 g/mol. The van der Waals surface area contributed by atoms with E-state index >= 15 is 0 Å². The molecule has 0 aromatic heterocycles. The van der Waals surface area contributed by atoms with E-state index < -0.39 is 12.0 Å². The second-order valence-corrected chi connectivity index (χ2v) is 3.77. The van der Waals surface area contributed by atoms with Gasteiger partial charge in [-0.1, -0.05) is 18.2 Å². The number of carboxylic acids is 1. The van der Waals surface area contributed by atoms with Crippen molar-refractivity contribution in [3.05, 3.63) is 29.8 Å². The van der Waals surface area contributed by atoms with Crippen LogP contribution in [0.2, 0.25) is 0 Å². The van der Waals surface area contributed by atoms with Gasteiger partial charge < -0.3 is 20.9 Å². The largest absolute Gasteiger partial charge is 0.496 e. The summed E-state index contributed by atoms with van der Waals surface area (Å²) in [5.74, 6) is -0.208. The zero-order chi connectivity index (χ0) is 12.8. The quantitative estimate of drug-likeness (QED) is 0.681. The van der Waals surface area contributed by atoms with Crippen molar-refractivity contribution in [1.29, 1.82) is 0 Å². The van der Waals surface area contributed by atoms with Crippen LogP contribution in [0.15, 0.2) is 24.3 Å². The van der Waals surface area contributed by atoms with Crippen LogP contribution >= 0.6 is 0 Å². The van der Waals surface area contributed by atoms with Gasteiger partial charge in [-0.3, -0.25) is 4.79 Å². The predicted octanol–water partition coefficient (Wildman–Crippen LogP) is 0.758. The van der Waals surface area contributed by atoms with E-state index in [9.17, 15) is 4.79 Å². The summed E-state index contributed by atoms with van der Waals surface area (Å²) < 4.78 is 5.24. The van der Waals surface area contributed by atoms with Crippen LogP contribution < -0.4 is 15.8 Å². The van der Waals surface area contributed by atoms with E-state index in [0.717, 1.165) is 5.56 Å². The maximum Gasteiger partial charge on any atom is 0.304 e. The van der Waals surface area contributed by atoms with Gasteiger partial charge in [0.15, 0.2) is 0 Å². The molecule has 0 fully saturated rings. The van der Waals surface area contributed by atoms with Crippen LogP contribution in [-0.4, -0.2) is 31.3 Å². The summed E-state index contributed by atoms with van der Waals surface area (Å²) in [4.78, 5) is 10.7. The molecular weight excluding hydrogens is 220 g/mol. The van der Waals surface area contributed by atoms with E-state index in [-0.39, 0.29) is 12.5 Å². The molecule has 4 N–H and O–H groups in total. The Morgan fingerprint density at radius 2 is 2.18 bits per heavy atom. The van der Waals surface area contributed by atoms with E-state index in [2.05, 4.69) is 5.32 Å². The second kappa shape index (κ2) is 6.22. The zero-order valence-corrected chi connectivity index (χ0v) is 10.0. The molecule has 0 saturated heterocycles. The minimum absolute atomic E-state index is 0.0937. The lowest BCUT2D eigenvalue weighted by atomic mass is 9.97. The van der Waals surface area contributed by atoms with Crippen LogP contribution in [0.25, 0.3) is 0 Å². The van der Waals surface area contributed by atoms with Crippen molar-refractivity contribution in [3.8, 4) is 5.75 Å². The molecule has 1 aromatic rings. The lowest BCUT2D eigenvalue weighted by Gasteiger charge is -2.24. The Balaban J connectivity index is 2.96. The predicted molar refractivity (Wildman–Crippen MR) is 65.0 cm³/mol. The smallest absolute Gasteiger partial charge is 0.304 e. The van der Waals surface area contributed by atoms with Gasteiger partial charge >= 0.3 is 5.97 Å². The third-order valence-corrected chi connectivity index (χ3v) is 2.62. The van der Waals surface area contributed by atoms with Crippen LogP contribution in [0, 0.1) is 0 Å². The molecule has 0 spiro atoms. The Morgan fingerprint density at radius 1 is 1.53 bits per heavy atom. The fourth-order valence-corrected chi connectivity index (χ4v) is 1.84. The highest BCUT2D eigenvalue weighted by Crippen LogP contribution is 2.27. The number of methoxy groups -OCH3 is 1. The monoisotopic (exact) mass is 238 g/mol. The molecule has 94 valence electrons. The number of aliphatic carboxylic acids is 1. The number of carbonyl (C=O) groups is 1. The van der Waals surface area contributed by atoms with Crippen LogP contribution in [0.1, 0.15) is 18.0 Å². The fourth-order valence-electron chi connectivity index (χ4n) is 1.84. The van der Waals surface area contributed by atoms with E-state index in [1.165, 1.54) is 0 Å². The Bertz CT molecular complexity index is 382. The molecule has 0 heterocycles. The fraction of sp³-hybridized carbons (Fsp3) is 0.417. The average Bonchev–Trinajstić information content (AvgIpc) is 2.29. The van der Waals surface area contributed by atoms with Crippen LogP contribution in [0.3, 0.4) is 0 Å². The first-order valence-electron chi connectivity index (χ1n) is 5.37. The lowest BCUT2D eigenvalue weighted by Crippen LogP contribution is -2.38. The second-order valence-electron chi connectivity index (χ2n) is 3.77. The third kappa shape index (κ3) is 3.44. The lowest BCUT2D eigenvalue weighted by molar-refractivity contribution is -0.137. The number of likely N-dealkylation sites (N-methyl/N-ethyl adjacent to an activating group) is 1. The molecule has 0 aliphatic rings. The number of ether oxygens (including phenoxy) is 1. The molecule has 0 radical (unpaired) electrons. The van der Waals surface area contributed by atoms with E-state index in [1.54, 1.807) is 14.2 Å². The highest BCUT2D eigenvalue weighted by Gasteiger charge is 2.23. The Kier molecular flexibility index (Phi) is 4.93. The molecule has 1 aromatic carbocycles. The molecule has 0 amide bonds. The summed E-state index contributed by atoms with van der Waals surface area (Å²) in [5.41, 5.74) is 6.75. The van der Waals surface area contributed by atoms with Gasteiger partial charge in [-0.15, -0.1) is 0 Å². The van der Waals surface area contributed by atoms with Gasteiger partial charge in [-0.05, 0) is 13.1 Å². The number of para-hydroxylation sites is 1. The van der Waals surface area contributed by atoms with Gasteiger partial charge in [0.1, 0.15) is 5.75 Å². The highest BCUT2D eigenvalue weighted by atomic mass is 16.5. The third-order valence-electron chi connectivity index (χ3n) is 2.62. The number of nitrogens with two attached hydrogens (primary N) is 1. The Labute approximate surface area is 101 Å². The summed E-state index contributed by atoms with van der Waals surface area (Å²) in [6.45, 7) is 0. The summed E-state index contributed by atoms with van der Waals surface area (Å²) in [6.07, 6.45) is -0.0937. The Morgan fingerprint density at radius 3 is 2.71 bits per heavy atom. The van der Waals surface area contributed by atoms with Crippen molar-refractivity contribution < 1.29 is 14.6 Å². The van der Waals surface area contributed by atoms with Gasteiger partial charge in [0.2, 0.25) is 0 Å². The highest BCUT2D eigenvalue weighted by molar-refractivity contribution is 5.67. The van der Waals surface area contributed by atoms with E-state index in [4.69, 9.17) is 15.6 Å². The Hall–Kier alpha value is -1.59. The van der Waals surface area contributed by atoms with Gasteiger partial charge in [-0.25, -0.2) is 0 Å². The van der Waals surface area contributed by atoms with Crippen molar-refractivity contribution in [2.75, 3.05) is 14.2 Å². The first kappa shape index (κ1) is 13.5. The van der Waals surface area contributed by atoms with Gasteiger partial charge in [-0.2, -0.15) is 0 Å². The normalized spacial score (nSPS) is 14.1. The van der Waals surface area contributed by atoms with Crippen molar-refractivity contribution in [2.45, 2.75) is 18.5 Å². The zero-order valence-electron chi connectivity index (χ0n) is 10.0. The maximum atomic E-state index is 10.7. The van der Waals surface area contributed by atoms with Gasteiger partial charge in [0, 0.05) is 11.6 Å². The molecule has 0 bridgehead atoms. The first-order chi connectivity index (χ1) is 8.10. The van der Waals surface area contributed by atoms with Gasteiger partial charge in [0.25, 0.3) is 0 Å². The van der Waals surface area contributed by atoms with Crippen molar-refractivity contribution >= 4 is 5.97 Å². The molecule has 0 saturated carbocycles. The molecule has 5 heteroatoms. The number of hydrogen-bond donors (Lipinski definition) is 3. The summed E-state index contributed by atoms with van der Waals surface area (Å²) in [7, 11) is 3.33. The summed E-state index contributed by atoms with van der Waals surface area (Å²) in [5, 5.41) is 11.8. The van der Waals surface area contributed by atoms with Crippen LogP contribution in [0.5, 0.6) is 5.75 Å². The molecule has 2 atom stereocenters. The minimum atomic E-state index is -0.910. The molecule has 2 unspecified atom stereocenters. The van der Waals surface area contributed by atoms with Crippen molar-refractivity contribution in [1.82, 2.24) is 5.32 Å². The van der Waals surface area contributed by atoms with E-state index in [1.807, 2.05) is 24.3 Å². The van der Waals surface area contributed by atoms with E-state index in [0.29, 0.717) is 5.75 Å². The van der Waals surface area contributed by atoms with Crippen molar-refractivity contribution in [3.63, 3.8) is 0 Å². The van der Waals surface area contributed by atoms with Gasteiger partial charge in [0.05, 0.1) is 19.6 Å². The number of benzene rings is 1. The summed E-state index contributed by atoms with van der Waals surface area (Å²) in [6, 6.07) is 6.68. The standard InChI is InChI=1S/C12H18N2O3/c1-14-12(9(13)7-11(15)16)8-5-3-4-6-10(8)17-2/h3-6,9,12,14H,7,13H2,1-2H3,(H,15,16). The summed E-state index contributed by atoms with van der Waals surface area (Å²) >= 11 is 0. The van der Waals surface area contributed by atoms with Crippen LogP contribution in [0.4, 0.5) is 0 Å². The van der Waals surface area contributed by atoms with Crippen LogP contribution in [-0.2, 0) is 4.79 Å². The maximum absolute atomic E-state index is 10.7. The molecule has 1 rings (SSSR count). The van der Waals surface area contributed by atoms with Crippen molar-refractivity contribution in [2.24, 2.45) is 5.73 Å². The topological polar surface area (TPSA) is 84.6 Å². The first-order valence-corrected chi connectivity index (χ1v) is 5.37.